The van der Waals surface area contributed by atoms with E-state index in [-0.39, 0.29) is 22.9 Å². The van der Waals surface area contributed by atoms with Crippen LogP contribution in [0.15, 0.2) is 35.1 Å². The van der Waals surface area contributed by atoms with Gasteiger partial charge in [-0.15, -0.1) is 0 Å². The van der Waals surface area contributed by atoms with E-state index >= 15 is 0 Å². The van der Waals surface area contributed by atoms with Crippen molar-refractivity contribution in [3.05, 3.63) is 51.8 Å². The number of hydrogen-bond donors (Lipinski definition) is 2. The van der Waals surface area contributed by atoms with Crippen LogP contribution in [0.1, 0.15) is 25.0 Å². The average molecular weight is 284 g/mol. The van der Waals surface area contributed by atoms with Crippen LogP contribution < -0.4 is 11.3 Å². The predicted octanol–water partition coefficient (Wildman–Crippen LogP) is 2.16. The molecule has 0 saturated heterocycles. The maximum atomic E-state index is 12.3. The van der Waals surface area contributed by atoms with Crippen molar-refractivity contribution >= 4 is 5.84 Å². The number of rotatable bonds is 4. The van der Waals surface area contributed by atoms with Gasteiger partial charge in [0.2, 0.25) is 0 Å². The molecule has 1 heterocycles. The first-order chi connectivity index (χ1) is 9.88. The zero-order valence-electron chi connectivity index (χ0n) is 12.6. The quantitative estimate of drug-likeness (QED) is 0.666. The van der Waals surface area contributed by atoms with Crippen LogP contribution in [0.5, 0.6) is 0 Å². The molecule has 0 aliphatic rings. The Morgan fingerprint density at radius 2 is 1.95 bits per heavy atom. The molecule has 0 aliphatic heterocycles. The van der Waals surface area contributed by atoms with Gasteiger partial charge in [0.05, 0.1) is 11.3 Å². The number of nitrogens with zero attached hydrogens (tertiary/aromatic N) is 2. The number of nitrogens with one attached hydrogen (secondary N) is 1. The van der Waals surface area contributed by atoms with E-state index in [4.69, 9.17) is 11.1 Å². The fourth-order valence-corrected chi connectivity index (χ4v) is 2.07. The molecule has 0 fully saturated rings. The highest BCUT2D eigenvalue weighted by Crippen LogP contribution is 2.17. The van der Waals surface area contributed by atoms with Crippen molar-refractivity contribution in [2.45, 2.75) is 27.3 Å². The van der Waals surface area contributed by atoms with Gasteiger partial charge < -0.3 is 5.73 Å². The summed E-state index contributed by atoms with van der Waals surface area (Å²) in [6, 6.07) is 9.47. The van der Waals surface area contributed by atoms with Gasteiger partial charge >= 0.3 is 0 Å². The monoisotopic (exact) mass is 284 g/mol. The summed E-state index contributed by atoms with van der Waals surface area (Å²) in [5.41, 5.74) is 8.12. The maximum Gasteiger partial charge on any atom is 0.277 e. The Hall–Kier alpha value is -2.43. The third-order valence-corrected chi connectivity index (χ3v) is 3.15. The topological polar surface area (TPSA) is 84.8 Å². The largest absolute Gasteiger partial charge is 0.384 e. The number of benzene rings is 1. The molecule has 0 bridgehead atoms. The van der Waals surface area contributed by atoms with E-state index in [1.54, 1.807) is 6.07 Å². The van der Waals surface area contributed by atoms with Crippen molar-refractivity contribution in [1.29, 1.82) is 5.41 Å². The summed E-state index contributed by atoms with van der Waals surface area (Å²) in [6.45, 7) is 6.54. The summed E-state index contributed by atoms with van der Waals surface area (Å²) in [7, 11) is 0. The number of amidine groups is 1. The van der Waals surface area contributed by atoms with Crippen molar-refractivity contribution in [1.82, 2.24) is 9.78 Å². The molecule has 21 heavy (non-hydrogen) atoms. The van der Waals surface area contributed by atoms with Gasteiger partial charge in [-0.2, -0.15) is 5.10 Å². The lowest BCUT2D eigenvalue weighted by atomic mass is 10.1. The molecule has 1 aromatic heterocycles. The first-order valence-electron chi connectivity index (χ1n) is 6.92. The zero-order valence-corrected chi connectivity index (χ0v) is 12.6. The Morgan fingerprint density at radius 1 is 1.33 bits per heavy atom. The summed E-state index contributed by atoms with van der Waals surface area (Å²) in [5.74, 6) is 0.0524. The first-order valence-corrected chi connectivity index (χ1v) is 6.92. The highest BCUT2D eigenvalue weighted by molar-refractivity contribution is 5.95. The molecule has 0 aliphatic carbocycles. The molecule has 5 heteroatoms. The third kappa shape index (κ3) is 3.37. The van der Waals surface area contributed by atoms with Crippen molar-refractivity contribution in [3.63, 3.8) is 0 Å². The van der Waals surface area contributed by atoms with E-state index < -0.39 is 0 Å². The second-order valence-electron chi connectivity index (χ2n) is 5.60. The standard InChI is InChI=1S/C16H20N4O/c1-10(2)9-20-16(21)13(15(17)18)8-14(19-20)12-6-4-11(3)5-7-12/h4-8,10H,9H2,1-3H3,(H3,17,18). The van der Waals surface area contributed by atoms with E-state index in [0.29, 0.717) is 12.2 Å². The summed E-state index contributed by atoms with van der Waals surface area (Å²) >= 11 is 0. The van der Waals surface area contributed by atoms with Crippen molar-refractivity contribution in [3.8, 4) is 11.3 Å². The molecule has 0 atom stereocenters. The third-order valence-electron chi connectivity index (χ3n) is 3.15. The number of aryl methyl sites for hydroxylation is 1. The average Bonchev–Trinajstić information content (AvgIpc) is 2.41. The SMILES string of the molecule is Cc1ccc(-c2cc(C(=N)N)c(=O)n(CC(C)C)n2)cc1. The molecule has 0 saturated carbocycles. The van der Waals surface area contributed by atoms with Gasteiger partial charge in [-0.3, -0.25) is 10.2 Å². The molecule has 0 unspecified atom stereocenters. The number of aromatic nitrogens is 2. The van der Waals surface area contributed by atoms with Crippen molar-refractivity contribution < 1.29 is 0 Å². The van der Waals surface area contributed by atoms with Gasteiger partial charge in [-0.1, -0.05) is 43.7 Å². The second-order valence-corrected chi connectivity index (χ2v) is 5.60. The minimum Gasteiger partial charge on any atom is -0.384 e. The van der Waals surface area contributed by atoms with Crippen LogP contribution in [0.25, 0.3) is 11.3 Å². The van der Waals surface area contributed by atoms with Gasteiger partial charge in [0.1, 0.15) is 5.84 Å². The summed E-state index contributed by atoms with van der Waals surface area (Å²) in [5, 5.41) is 12.0. The second kappa shape index (κ2) is 5.91. The lowest BCUT2D eigenvalue weighted by molar-refractivity contribution is 0.465. The molecule has 0 amide bonds. The minimum atomic E-state index is -0.313. The Balaban J connectivity index is 2.61. The Kier molecular flexibility index (Phi) is 4.21. The van der Waals surface area contributed by atoms with Gasteiger partial charge in [0, 0.05) is 12.1 Å². The maximum absolute atomic E-state index is 12.3. The molecule has 5 nitrogen and oxygen atoms in total. The Bertz CT molecular complexity index is 714. The van der Waals surface area contributed by atoms with Crippen LogP contribution in [0.4, 0.5) is 0 Å². The van der Waals surface area contributed by atoms with Crippen LogP contribution in [0.3, 0.4) is 0 Å². The molecule has 1 aromatic carbocycles. The van der Waals surface area contributed by atoms with Gasteiger partial charge in [0.15, 0.2) is 0 Å². The fraction of sp³-hybridized carbons (Fsp3) is 0.312. The van der Waals surface area contributed by atoms with Crippen LogP contribution in [0.2, 0.25) is 0 Å². The van der Waals surface area contributed by atoms with Crippen LogP contribution in [0, 0.1) is 18.3 Å². The Morgan fingerprint density at radius 3 is 2.48 bits per heavy atom. The minimum absolute atomic E-state index is 0.196. The van der Waals surface area contributed by atoms with Crippen molar-refractivity contribution in [2.75, 3.05) is 0 Å². The normalized spacial score (nSPS) is 10.9. The molecule has 110 valence electrons. The van der Waals surface area contributed by atoms with E-state index in [2.05, 4.69) is 5.10 Å². The molecule has 2 rings (SSSR count). The summed E-state index contributed by atoms with van der Waals surface area (Å²) in [4.78, 5) is 12.3. The number of nitrogens with two attached hydrogens (primary N) is 1. The van der Waals surface area contributed by atoms with Gasteiger partial charge in [0.25, 0.3) is 5.56 Å². The molecule has 3 N–H and O–H groups in total. The lowest BCUT2D eigenvalue weighted by Crippen LogP contribution is -2.32. The highest BCUT2D eigenvalue weighted by atomic mass is 16.1. The van der Waals surface area contributed by atoms with Crippen LogP contribution in [-0.4, -0.2) is 15.6 Å². The lowest BCUT2D eigenvalue weighted by Gasteiger charge is -2.12. The first kappa shape index (κ1) is 15.0. The molecular formula is C16H20N4O. The van der Waals surface area contributed by atoms with E-state index in [1.807, 2.05) is 45.0 Å². The summed E-state index contributed by atoms with van der Waals surface area (Å²) in [6.07, 6.45) is 0. The van der Waals surface area contributed by atoms with Crippen LogP contribution in [-0.2, 0) is 6.54 Å². The smallest absolute Gasteiger partial charge is 0.277 e. The fourth-order valence-electron chi connectivity index (χ4n) is 2.07. The predicted molar refractivity (Wildman–Crippen MR) is 84.5 cm³/mol. The van der Waals surface area contributed by atoms with E-state index in [1.165, 1.54) is 4.68 Å². The van der Waals surface area contributed by atoms with Gasteiger partial charge in [-0.05, 0) is 18.9 Å². The van der Waals surface area contributed by atoms with Crippen molar-refractivity contribution in [2.24, 2.45) is 11.7 Å². The number of nitrogen functional groups attached to an aromatic ring is 1. The molecule has 2 aromatic rings. The van der Waals surface area contributed by atoms with E-state index in [9.17, 15) is 4.79 Å². The Labute approximate surface area is 123 Å². The van der Waals surface area contributed by atoms with Crippen LogP contribution >= 0.6 is 0 Å². The summed E-state index contributed by atoms with van der Waals surface area (Å²) < 4.78 is 1.40. The molecule has 0 radical (unpaired) electrons. The molecular weight excluding hydrogens is 264 g/mol. The number of hydrogen-bond acceptors (Lipinski definition) is 3. The highest BCUT2D eigenvalue weighted by Gasteiger charge is 2.12. The van der Waals surface area contributed by atoms with Gasteiger partial charge in [-0.25, -0.2) is 4.68 Å². The van der Waals surface area contributed by atoms with E-state index in [0.717, 1.165) is 11.1 Å². The molecule has 0 spiro atoms. The zero-order chi connectivity index (χ0) is 15.6.